The number of primary amides is 1. The van der Waals surface area contributed by atoms with E-state index in [1.807, 2.05) is 12.1 Å². The number of methoxy groups -OCH3 is 1. The minimum atomic E-state index is -0.415. The number of fused-ring (bicyclic) bond motifs is 1. The first-order valence-corrected chi connectivity index (χ1v) is 7.61. The van der Waals surface area contributed by atoms with E-state index in [1.54, 1.807) is 13.2 Å². The minimum Gasteiger partial charge on any atom is -0.497 e. The molecule has 3 rings (SSSR count). The zero-order valence-corrected chi connectivity index (χ0v) is 12.6. The standard InChI is InChI=1S/C17H20N2O3/c1-22-11-6-7-12-13(9-15(18)20)16(10-4-2-3-5-10)17(21)19-14(12)8-11/h6-8,10H,2-5,9H2,1H3,(H2,18,20)(H,19,21). The summed E-state index contributed by atoms with van der Waals surface area (Å²) in [7, 11) is 1.58. The molecule has 0 atom stereocenters. The van der Waals surface area contributed by atoms with Crippen molar-refractivity contribution >= 4 is 16.8 Å². The van der Waals surface area contributed by atoms with Gasteiger partial charge in [0, 0.05) is 17.0 Å². The number of aromatic amines is 1. The van der Waals surface area contributed by atoms with E-state index in [1.165, 1.54) is 0 Å². The number of ether oxygens (including phenoxy) is 1. The molecule has 5 heteroatoms. The third-order valence-corrected chi connectivity index (χ3v) is 4.48. The summed E-state index contributed by atoms with van der Waals surface area (Å²) in [6.07, 6.45) is 4.34. The first-order valence-electron chi connectivity index (χ1n) is 7.61. The number of nitrogens with two attached hydrogens (primary N) is 1. The summed E-state index contributed by atoms with van der Waals surface area (Å²) in [5.74, 6) is 0.480. The number of carbonyl (C=O) groups is 1. The summed E-state index contributed by atoms with van der Waals surface area (Å²) >= 11 is 0. The first kappa shape index (κ1) is 14.6. The Balaban J connectivity index is 2.26. The van der Waals surface area contributed by atoms with E-state index in [2.05, 4.69) is 4.98 Å². The number of benzene rings is 1. The predicted octanol–water partition coefficient (Wildman–Crippen LogP) is 2.22. The molecule has 1 fully saturated rings. The van der Waals surface area contributed by atoms with E-state index in [9.17, 15) is 9.59 Å². The van der Waals surface area contributed by atoms with E-state index >= 15 is 0 Å². The lowest BCUT2D eigenvalue weighted by Crippen LogP contribution is -2.23. The smallest absolute Gasteiger partial charge is 0.252 e. The Morgan fingerprint density at radius 3 is 2.73 bits per heavy atom. The fourth-order valence-electron chi connectivity index (χ4n) is 3.50. The Kier molecular flexibility index (Phi) is 3.88. The van der Waals surface area contributed by atoms with Crippen molar-refractivity contribution in [2.45, 2.75) is 38.0 Å². The summed E-state index contributed by atoms with van der Waals surface area (Å²) in [5.41, 5.74) is 7.51. The SMILES string of the molecule is COc1ccc2c(CC(N)=O)c(C3CCCC3)c(=O)[nH]c2c1. The lowest BCUT2D eigenvalue weighted by molar-refractivity contribution is -0.117. The average Bonchev–Trinajstić information content (AvgIpc) is 2.99. The molecule has 1 aliphatic rings. The molecule has 0 spiro atoms. The summed E-state index contributed by atoms with van der Waals surface area (Å²) in [5, 5.41) is 0.876. The maximum absolute atomic E-state index is 12.6. The quantitative estimate of drug-likeness (QED) is 0.908. The van der Waals surface area contributed by atoms with E-state index in [0.717, 1.165) is 42.2 Å². The van der Waals surface area contributed by atoms with Gasteiger partial charge in [-0.1, -0.05) is 12.8 Å². The number of rotatable bonds is 4. The molecule has 0 radical (unpaired) electrons. The molecule has 5 nitrogen and oxygen atoms in total. The van der Waals surface area contributed by atoms with Gasteiger partial charge in [-0.25, -0.2) is 0 Å². The number of hydrogen-bond donors (Lipinski definition) is 2. The second-order valence-corrected chi connectivity index (χ2v) is 5.88. The predicted molar refractivity (Wildman–Crippen MR) is 85.2 cm³/mol. The molecule has 0 aliphatic heterocycles. The van der Waals surface area contributed by atoms with Gasteiger partial charge in [-0.15, -0.1) is 0 Å². The molecule has 1 aromatic heterocycles. The normalized spacial score (nSPS) is 15.3. The maximum Gasteiger partial charge on any atom is 0.252 e. The zero-order chi connectivity index (χ0) is 15.7. The Hall–Kier alpha value is -2.30. The molecular formula is C17H20N2O3. The fourth-order valence-corrected chi connectivity index (χ4v) is 3.50. The van der Waals surface area contributed by atoms with Crippen LogP contribution < -0.4 is 16.0 Å². The summed E-state index contributed by atoms with van der Waals surface area (Å²) in [4.78, 5) is 27.0. The van der Waals surface area contributed by atoms with Gasteiger partial charge in [-0.05, 0) is 36.5 Å². The molecule has 1 heterocycles. The number of amides is 1. The van der Waals surface area contributed by atoms with Crippen molar-refractivity contribution in [3.05, 3.63) is 39.7 Å². The van der Waals surface area contributed by atoms with E-state index in [0.29, 0.717) is 11.3 Å². The van der Waals surface area contributed by atoms with Crippen LogP contribution in [0.5, 0.6) is 5.75 Å². The largest absolute Gasteiger partial charge is 0.497 e. The van der Waals surface area contributed by atoms with Crippen LogP contribution >= 0.6 is 0 Å². The van der Waals surface area contributed by atoms with E-state index < -0.39 is 5.91 Å². The van der Waals surface area contributed by atoms with Crippen molar-refractivity contribution in [1.82, 2.24) is 4.98 Å². The third-order valence-electron chi connectivity index (χ3n) is 4.48. The number of aromatic nitrogens is 1. The van der Waals surface area contributed by atoms with Gasteiger partial charge in [-0.2, -0.15) is 0 Å². The van der Waals surface area contributed by atoms with Gasteiger partial charge >= 0.3 is 0 Å². The van der Waals surface area contributed by atoms with Crippen LogP contribution in [0.3, 0.4) is 0 Å². The molecule has 1 aliphatic carbocycles. The molecule has 1 aromatic carbocycles. The Bertz CT molecular complexity index is 773. The molecular weight excluding hydrogens is 280 g/mol. The second kappa shape index (κ2) is 5.83. The van der Waals surface area contributed by atoms with Gasteiger partial charge in [0.25, 0.3) is 5.56 Å². The summed E-state index contributed by atoms with van der Waals surface area (Å²) in [6.45, 7) is 0. The average molecular weight is 300 g/mol. The van der Waals surface area contributed by atoms with Gasteiger partial charge in [0.05, 0.1) is 19.0 Å². The first-order chi connectivity index (χ1) is 10.6. The number of nitrogens with one attached hydrogen (secondary N) is 1. The van der Waals surface area contributed by atoms with Crippen LogP contribution in [-0.2, 0) is 11.2 Å². The van der Waals surface area contributed by atoms with Crippen molar-refractivity contribution in [3.63, 3.8) is 0 Å². The Labute approximate surface area is 128 Å². The van der Waals surface area contributed by atoms with Crippen molar-refractivity contribution in [2.75, 3.05) is 7.11 Å². The molecule has 1 amide bonds. The zero-order valence-electron chi connectivity index (χ0n) is 12.6. The number of carbonyl (C=O) groups excluding carboxylic acids is 1. The number of hydrogen-bond acceptors (Lipinski definition) is 3. The van der Waals surface area contributed by atoms with Gasteiger partial charge in [-0.3, -0.25) is 9.59 Å². The second-order valence-electron chi connectivity index (χ2n) is 5.88. The highest BCUT2D eigenvalue weighted by Gasteiger charge is 2.25. The lowest BCUT2D eigenvalue weighted by atomic mass is 9.90. The fraction of sp³-hybridized carbons (Fsp3) is 0.412. The molecule has 0 bridgehead atoms. The van der Waals surface area contributed by atoms with Crippen LogP contribution in [0.2, 0.25) is 0 Å². The van der Waals surface area contributed by atoms with Crippen LogP contribution in [0.25, 0.3) is 10.9 Å². The highest BCUT2D eigenvalue weighted by molar-refractivity contribution is 5.89. The van der Waals surface area contributed by atoms with Crippen LogP contribution in [0, 0.1) is 0 Å². The van der Waals surface area contributed by atoms with Crippen molar-refractivity contribution in [1.29, 1.82) is 0 Å². The van der Waals surface area contributed by atoms with Gasteiger partial charge < -0.3 is 15.5 Å². The van der Waals surface area contributed by atoms with Crippen molar-refractivity contribution in [3.8, 4) is 5.75 Å². The molecule has 0 unspecified atom stereocenters. The summed E-state index contributed by atoms with van der Waals surface area (Å²) < 4.78 is 5.20. The monoisotopic (exact) mass is 300 g/mol. The van der Waals surface area contributed by atoms with Crippen LogP contribution in [-0.4, -0.2) is 18.0 Å². The van der Waals surface area contributed by atoms with Crippen LogP contribution in [0.4, 0.5) is 0 Å². The highest BCUT2D eigenvalue weighted by Crippen LogP contribution is 2.36. The molecule has 2 aromatic rings. The lowest BCUT2D eigenvalue weighted by Gasteiger charge is -2.16. The Morgan fingerprint density at radius 2 is 2.09 bits per heavy atom. The Morgan fingerprint density at radius 1 is 1.36 bits per heavy atom. The van der Waals surface area contributed by atoms with Gasteiger partial charge in [0.15, 0.2) is 0 Å². The third kappa shape index (κ3) is 2.58. The van der Waals surface area contributed by atoms with Crippen LogP contribution in [0.15, 0.2) is 23.0 Å². The van der Waals surface area contributed by atoms with Crippen LogP contribution in [0.1, 0.15) is 42.7 Å². The molecule has 3 N–H and O–H groups in total. The summed E-state index contributed by atoms with van der Waals surface area (Å²) in [6, 6.07) is 5.50. The molecule has 1 saturated carbocycles. The number of H-pyrrole nitrogens is 1. The molecule has 116 valence electrons. The minimum absolute atomic E-state index is 0.0958. The van der Waals surface area contributed by atoms with E-state index in [4.69, 9.17) is 10.5 Å². The van der Waals surface area contributed by atoms with Gasteiger partial charge in [0.2, 0.25) is 5.91 Å². The maximum atomic E-state index is 12.6. The topological polar surface area (TPSA) is 85.2 Å². The van der Waals surface area contributed by atoms with Crippen molar-refractivity contribution < 1.29 is 9.53 Å². The molecule has 22 heavy (non-hydrogen) atoms. The number of pyridine rings is 1. The van der Waals surface area contributed by atoms with Crippen molar-refractivity contribution in [2.24, 2.45) is 5.73 Å². The van der Waals surface area contributed by atoms with Gasteiger partial charge in [0.1, 0.15) is 5.75 Å². The molecule has 0 saturated heterocycles. The highest BCUT2D eigenvalue weighted by atomic mass is 16.5. The van der Waals surface area contributed by atoms with E-state index in [-0.39, 0.29) is 17.9 Å².